The van der Waals surface area contributed by atoms with E-state index in [4.69, 9.17) is 0 Å². The van der Waals surface area contributed by atoms with Crippen molar-refractivity contribution < 1.29 is 4.79 Å². The van der Waals surface area contributed by atoms with Gasteiger partial charge in [0, 0.05) is 32.0 Å². The van der Waals surface area contributed by atoms with Gasteiger partial charge in [-0.15, -0.1) is 0 Å². The molecule has 0 atom stereocenters. The van der Waals surface area contributed by atoms with E-state index in [0.717, 1.165) is 19.6 Å². The maximum absolute atomic E-state index is 11.9. The molecule has 15 heavy (non-hydrogen) atoms. The molecule has 1 aromatic rings. The summed E-state index contributed by atoms with van der Waals surface area (Å²) in [7, 11) is 0. The topological polar surface area (TPSA) is 50.2 Å². The highest BCUT2D eigenvalue weighted by atomic mass is 16.2. The predicted molar refractivity (Wildman–Crippen MR) is 56.3 cm³/mol. The lowest BCUT2D eigenvalue weighted by Crippen LogP contribution is -2.59. The van der Waals surface area contributed by atoms with Crippen molar-refractivity contribution in [3.8, 4) is 0 Å². The van der Waals surface area contributed by atoms with E-state index in [0.29, 0.717) is 12.6 Å². The summed E-state index contributed by atoms with van der Waals surface area (Å²) in [6, 6.07) is 2.20. The average molecular weight is 208 g/mol. The Hall–Kier alpha value is -1.36. The molecule has 2 heterocycles. The molecule has 1 N–H and O–H groups in total. The van der Waals surface area contributed by atoms with Crippen molar-refractivity contribution in [1.82, 2.24) is 20.0 Å². The Morgan fingerprint density at radius 3 is 2.93 bits per heavy atom. The standard InChI is InChI=1S/C10H16N4O/c1-2-14(9-6-11-7-9)10(15)8-13-5-3-4-12-13/h3-5,9,11H,2,6-8H2,1H3. The van der Waals surface area contributed by atoms with E-state index in [1.54, 1.807) is 10.9 Å². The Morgan fingerprint density at radius 2 is 2.47 bits per heavy atom. The van der Waals surface area contributed by atoms with E-state index in [2.05, 4.69) is 10.4 Å². The molecule has 82 valence electrons. The Morgan fingerprint density at radius 1 is 1.67 bits per heavy atom. The van der Waals surface area contributed by atoms with Gasteiger partial charge in [0.1, 0.15) is 6.54 Å². The lowest BCUT2D eigenvalue weighted by Gasteiger charge is -2.37. The van der Waals surface area contributed by atoms with Gasteiger partial charge in [-0.25, -0.2) is 0 Å². The van der Waals surface area contributed by atoms with Gasteiger partial charge in [-0.05, 0) is 13.0 Å². The Labute approximate surface area is 89.1 Å². The molecular formula is C10H16N4O. The van der Waals surface area contributed by atoms with Gasteiger partial charge in [-0.2, -0.15) is 5.10 Å². The highest BCUT2D eigenvalue weighted by Gasteiger charge is 2.27. The van der Waals surface area contributed by atoms with Gasteiger partial charge in [-0.1, -0.05) is 0 Å². The van der Waals surface area contributed by atoms with Crippen LogP contribution in [0, 0.1) is 0 Å². The minimum absolute atomic E-state index is 0.146. The average Bonchev–Trinajstić information content (AvgIpc) is 2.63. The summed E-state index contributed by atoms with van der Waals surface area (Å²) in [4.78, 5) is 13.8. The molecule has 0 aromatic carbocycles. The van der Waals surface area contributed by atoms with Crippen LogP contribution in [0.4, 0.5) is 0 Å². The van der Waals surface area contributed by atoms with E-state index in [9.17, 15) is 4.79 Å². The number of aromatic nitrogens is 2. The van der Waals surface area contributed by atoms with Gasteiger partial charge in [0.15, 0.2) is 0 Å². The van der Waals surface area contributed by atoms with Crippen LogP contribution in [0.5, 0.6) is 0 Å². The first-order chi connectivity index (χ1) is 7.31. The van der Waals surface area contributed by atoms with Crippen LogP contribution in [-0.2, 0) is 11.3 Å². The van der Waals surface area contributed by atoms with Crippen molar-refractivity contribution in [2.75, 3.05) is 19.6 Å². The molecule has 5 heteroatoms. The lowest BCUT2D eigenvalue weighted by atomic mass is 10.1. The zero-order valence-corrected chi connectivity index (χ0v) is 8.89. The third kappa shape index (κ3) is 2.18. The summed E-state index contributed by atoms with van der Waals surface area (Å²) in [6.45, 7) is 4.96. The molecule has 2 rings (SSSR count). The van der Waals surface area contributed by atoms with Crippen LogP contribution in [0.15, 0.2) is 18.5 Å². The second kappa shape index (κ2) is 4.44. The van der Waals surface area contributed by atoms with Crippen molar-refractivity contribution in [2.45, 2.75) is 19.5 Å². The van der Waals surface area contributed by atoms with Crippen molar-refractivity contribution in [1.29, 1.82) is 0 Å². The van der Waals surface area contributed by atoms with Crippen molar-refractivity contribution in [3.05, 3.63) is 18.5 Å². The summed E-state index contributed by atoms with van der Waals surface area (Å²) in [5.41, 5.74) is 0. The van der Waals surface area contributed by atoms with Crippen LogP contribution >= 0.6 is 0 Å². The van der Waals surface area contributed by atoms with Gasteiger partial charge in [0.05, 0.1) is 6.04 Å². The van der Waals surface area contributed by atoms with Gasteiger partial charge in [0.25, 0.3) is 0 Å². The fourth-order valence-electron chi connectivity index (χ4n) is 1.76. The van der Waals surface area contributed by atoms with Gasteiger partial charge < -0.3 is 10.2 Å². The van der Waals surface area contributed by atoms with Crippen LogP contribution in [0.2, 0.25) is 0 Å². The van der Waals surface area contributed by atoms with E-state index in [1.807, 2.05) is 24.1 Å². The number of hydrogen-bond donors (Lipinski definition) is 1. The molecule has 0 saturated carbocycles. The molecule has 0 spiro atoms. The van der Waals surface area contributed by atoms with Gasteiger partial charge in [-0.3, -0.25) is 9.48 Å². The number of nitrogens with zero attached hydrogens (tertiary/aromatic N) is 3. The molecule has 0 radical (unpaired) electrons. The third-order valence-electron chi connectivity index (χ3n) is 2.72. The van der Waals surface area contributed by atoms with Crippen LogP contribution in [0.3, 0.4) is 0 Å². The number of carbonyl (C=O) groups is 1. The largest absolute Gasteiger partial charge is 0.336 e. The van der Waals surface area contributed by atoms with E-state index in [1.165, 1.54) is 0 Å². The molecule has 1 fully saturated rings. The zero-order chi connectivity index (χ0) is 10.7. The maximum Gasteiger partial charge on any atom is 0.244 e. The number of nitrogens with one attached hydrogen (secondary N) is 1. The first kappa shape index (κ1) is 10.2. The van der Waals surface area contributed by atoms with Crippen LogP contribution in [0.1, 0.15) is 6.92 Å². The van der Waals surface area contributed by atoms with Crippen LogP contribution < -0.4 is 5.32 Å². The Balaban J connectivity index is 1.93. The van der Waals surface area contributed by atoms with Crippen LogP contribution in [-0.4, -0.2) is 46.3 Å². The number of hydrogen-bond acceptors (Lipinski definition) is 3. The minimum atomic E-state index is 0.146. The number of amides is 1. The first-order valence-corrected chi connectivity index (χ1v) is 5.29. The van der Waals surface area contributed by atoms with Crippen LogP contribution in [0.25, 0.3) is 0 Å². The summed E-state index contributed by atoms with van der Waals surface area (Å²) in [6.07, 6.45) is 3.50. The lowest BCUT2D eigenvalue weighted by molar-refractivity contribution is -0.135. The van der Waals surface area contributed by atoms with Gasteiger partial charge in [0.2, 0.25) is 5.91 Å². The maximum atomic E-state index is 11.9. The second-order valence-corrected chi connectivity index (χ2v) is 3.70. The van der Waals surface area contributed by atoms with Crippen molar-refractivity contribution in [3.63, 3.8) is 0 Å². The molecule has 1 saturated heterocycles. The monoisotopic (exact) mass is 208 g/mol. The molecule has 1 aliphatic rings. The van der Waals surface area contributed by atoms with Crippen molar-refractivity contribution >= 4 is 5.91 Å². The molecule has 0 unspecified atom stereocenters. The fraction of sp³-hybridized carbons (Fsp3) is 0.600. The molecular weight excluding hydrogens is 192 g/mol. The molecule has 1 aromatic heterocycles. The first-order valence-electron chi connectivity index (χ1n) is 5.29. The summed E-state index contributed by atoms with van der Waals surface area (Å²) < 4.78 is 1.66. The van der Waals surface area contributed by atoms with E-state index in [-0.39, 0.29) is 5.91 Å². The van der Waals surface area contributed by atoms with E-state index < -0.39 is 0 Å². The smallest absolute Gasteiger partial charge is 0.244 e. The summed E-state index contributed by atoms with van der Waals surface area (Å²) in [5, 5.41) is 7.20. The number of likely N-dealkylation sites (N-methyl/N-ethyl adjacent to an activating group) is 1. The molecule has 0 aliphatic carbocycles. The van der Waals surface area contributed by atoms with E-state index >= 15 is 0 Å². The molecule has 1 aliphatic heterocycles. The number of carbonyl (C=O) groups excluding carboxylic acids is 1. The van der Waals surface area contributed by atoms with Gasteiger partial charge >= 0.3 is 0 Å². The SMILES string of the molecule is CCN(C(=O)Cn1cccn1)C1CNC1. The van der Waals surface area contributed by atoms with Crippen molar-refractivity contribution in [2.24, 2.45) is 0 Å². The number of rotatable bonds is 4. The highest BCUT2D eigenvalue weighted by Crippen LogP contribution is 2.05. The summed E-state index contributed by atoms with van der Waals surface area (Å²) >= 11 is 0. The minimum Gasteiger partial charge on any atom is -0.336 e. The third-order valence-corrected chi connectivity index (χ3v) is 2.72. The zero-order valence-electron chi connectivity index (χ0n) is 8.89. The second-order valence-electron chi connectivity index (χ2n) is 3.70. The summed E-state index contributed by atoms with van der Waals surface area (Å²) in [5.74, 6) is 0.146. The molecule has 0 bridgehead atoms. The molecule has 5 nitrogen and oxygen atoms in total. The Bertz CT molecular complexity index is 318. The predicted octanol–water partition coefficient (Wildman–Crippen LogP) is -0.297. The highest BCUT2D eigenvalue weighted by molar-refractivity contribution is 5.76. The quantitative estimate of drug-likeness (QED) is 0.739. The normalized spacial score (nSPS) is 16.1. The Kier molecular flexibility index (Phi) is 3.01. The fourth-order valence-corrected chi connectivity index (χ4v) is 1.76. The molecule has 1 amide bonds.